The van der Waals surface area contributed by atoms with Crippen molar-refractivity contribution in [1.29, 1.82) is 0 Å². The van der Waals surface area contributed by atoms with Gasteiger partial charge in [0.1, 0.15) is 0 Å². The maximum absolute atomic E-state index is 11.9. The molecule has 0 radical (unpaired) electrons. The molecule has 0 atom stereocenters. The summed E-state index contributed by atoms with van der Waals surface area (Å²) in [5, 5.41) is 3.24. The Morgan fingerprint density at radius 1 is 1.17 bits per heavy atom. The number of hydrogen-bond donors (Lipinski definition) is 2. The highest BCUT2D eigenvalue weighted by Gasteiger charge is 2.14. The van der Waals surface area contributed by atoms with E-state index in [2.05, 4.69) is 17.0 Å². The van der Waals surface area contributed by atoms with Gasteiger partial charge >= 0.3 is 0 Å². The lowest BCUT2D eigenvalue weighted by Gasteiger charge is -2.10. The largest absolute Gasteiger partial charge is 0.317 e. The molecule has 1 rings (SSSR count). The van der Waals surface area contributed by atoms with E-state index in [1.807, 2.05) is 26.0 Å². The average Bonchev–Trinajstić information content (AvgIpc) is 2.28. The van der Waals surface area contributed by atoms with E-state index in [1.54, 1.807) is 12.1 Å². The molecule has 0 heterocycles. The molecule has 0 bridgehead atoms. The van der Waals surface area contributed by atoms with Gasteiger partial charge in [-0.05, 0) is 51.1 Å². The van der Waals surface area contributed by atoms with E-state index in [4.69, 9.17) is 0 Å². The van der Waals surface area contributed by atoms with Crippen LogP contribution >= 0.6 is 0 Å². The Kier molecular flexibility index (Phi) is 5.78. The third-order valence-corrected chi connectivity index (χ3v) is 4.14. The Morgan fingerprint density at radius 2 is 1.78 bits per heavy atom. The molecule has 102 valence electrons. The van der Waals surface area contributed by atoms with E-state index < -0.39 is 10.0 Å². The highest BCUT2D eigenvalue weighted by atomic mass is 32.2. The number of sulfonamides is 1. The first-order valence-corrected chi connectivity index (χ1v) is 7.76. The van der Waals surface area contributed by atoms with Crippen molar-refractivity contribution in [2.24, 2.45) is 0 Å². The molecule has 0 fully saturated rings. The van der Waals surface area contributed by atoms with Gasteiger partial charge in [-0.1, -0.05) is 19.1 Å². The molecule has 1 aromatic rings. The quantitative estimate of drug-likeness (QED) is 0.739. The Bertz CT molecular complexity index is 452. The van der Waals surface area contributed by atoms with Crippen LogP contribution in [0.1, 0.15) is 26.3 Å². The van der Waals surface area contributed by atoms with Gasteiger partial charge in [0.05, 0.1) is 4.90 Å². The van der Waals surface area contributed by atoms with Crippen LogP contribution in [0.5, 0.6) is 0 Å². The van der Waals surface area contributed by atoms with Crippen molar-refractivity contribution in [3.05, 3.63) is 29.8 Å². The summed E-state index contributed by atoms with van der Waals surface area (Å²) in [5.41, 5.74) is 1.14. The SMILES string of the molecule is CCNCCc1ccc(S(=O)(=O)NC(C)C)cc1. The number of hydrogen-bond acceptors (Lipinski definition) is 3. The lowest BCUT2D eigenvalue weighted by atomic mass is 10.1. The van der Waals surface area contributed by atoms with Crippen LogP contribution < -0.4 is 10.0 Å². The summed E-state index contributed by atoms with van der Waals surface area (Å²) in [5.74, 6) is 0. The van der Waals surface area contributed by atoms with E-state index in [1.165, 1.54) is 0 Å². The van der Waals surface area contributed by atoms with E-state index in [-0.39, 0.29) is 6.04 Å². The van der Waals surface area contributed by atoms with Crippen LogP contribution in [0.15, 0.2) is 29.2 Å². The van der Waals surface area contributed by atoms with Crippen LogP contribution in [-0.4, -0.2) is 27.5 Å². The van der Waals surface area contributed by atoms with Gasteiger partial charge in [-0.25, -0.2) is 13.1 Å². The first-order chi connectivity index (χ1) is 8.45. The van der Waals surface area contributed by atoms with Crippen LogP contribution in [0.2, 0.25) is 0 Å². The van der Waals surface area contributed by atoms with Gasteiger partial charge < -0.3 is 5.32 Å². The monoisotopic (exact) mass is 270 g/mol. The minimum absolute atomic E-state index is 0.0940. The predicted octanol–water partition coefficient (Wildman–Crippen LogP) is 1.53. The second-order valence-electron chi connectivity index (χ2n) is 4.52. The van der Waals surface area contributed by atoms with Crippen molar-refractivity contribution >= 4 is 10.0 Å². The lowest BCUT2D eigenvalue weighted by molar-refractivity contribution is 0.570. The van der Waals surface area contributed by atoms with Crippen LogP contribution in [-0.2, 0) is 16.4 Å². The fourth-order valence-corrected chi connectivity index (χ4v) is 2.87. The molecule has 0 aliphatic rings. The maximum atomic E-state index is 11.9. The van der Waals surface area contributed by atoms with Crippen LogP contribution in [0, 0.1) is 0 Å². The van der Waals surface area contributed by atoms with Crippen molar-refractivity contribution < 1.29 is 8.42 Å². The molecule has 18 heavy (non-hydrogen) atoms. The van der Waals surface area contributed by atoms with Crippen LogP contribution in [0.25, 0.3) is 0 Å². The van der Waals surface area contributed by atoms with Gasteiger partial charge in [0, 0.05) is 6.04 Å². The molecule has 0 saturated heterocycles. The molecule has 0 aromatic heterocycles. The summed E-state index contributed by atoms with van der Waals surface area (Å²) >= 11 is 0. The van der Waals surface area contributed by atoms with E-state index in [0.717, 1.165) is 25.1 Å². The highest BCUT2D eigenvalue weighted by molar-refractivity contribution is 7.89. The number of likely N-dealkylation sites (N-methyl/N-ethyl adjacent to an activating group) is 1. The minimum atomic E-state index is -3.37. The van der Waals surface area contributed by atoms with E-state index >= 15 is 0 Å². The second kappa shape index (κ2) is 6.87. The molecule has 1 aromatic carbocycles. The molecule has 5 heteroatoms. The van der Waals surface area contributed by atoms with Crippen molar-refractivity contribution in [3.8, 4) is 0 Å². The van der Waals surface area contributed by atoms with Crippen molar-refractivity contribution in [3.63, 3.8) is 0 Å². The fourth-order valence-electron chi connectivity index (χ4n) is 1.62. The molecule has 0 spiro atoms. The smallest absolute Gasteiger partial charge is 0.240 e. The van der Waals surface area contributed by atoms with Crippen LogP contribution in [0.4, 0.5) is 0 Å². The maximum Gasteiger partial charge on any atom is 0.240 e. The molecular weight excluding hydrogens is 248 g/mol. The zero-order valence-corrected chi connectivity index (χ0v) is 12.0. The van der Waals surface area contributed by atoms with Crippen molar-refractivity contribution in [1.82, 2.24) is 10.0 Å². The summed E-state index contributed by atoms with van der Waals surface area (Å²) in [6.07, 6.45) is 0.909. The first-order valence-electron chi connectivity index (χ1n) is 6.27. The Labute approximate surface area is 110 Å². The molecule has 0 aliphatic carbocycles. The molecule has 0 saturated carbocycles. The third kappa shape index (κ3) is 4.76. The number of nitrogens with one attached hydrogen (secondary N) is 2. The number of benzene rings is 1. The molecule has 0 aliphatic heterocycles. The molecule has 0 amide bonds. The zero-order valence-electron chi connectivity index (χ0n) is 11.2. The normalized spacial score (nSPS) is 12.0. The Morgan fingerprint density at radius 3 is 2.28 bits per heavy atom. The number of rotatable bonds is 7. The fraction of sp³-hybridized carbons (Fsp3) is 0.538. The molecule has 2 N–H and O–H groups in total. The van der Waals surface area contributed by atoms with Gasteiger partial charge in [-0.2, -0.15) is 0 Å². The minimum Gasteiger partial charge on any atom is -0.317 e. The zero-order chi connectivity index (χ0) is 13.6. The highest BCUT2D eigenvalue weighted by Crippen LogP contribution is 2.11. The summed E-state index contributed by atoms with van der Waals surface area (Å²) < 4.78 is 26.3. The van der Waals surface area contributed by atoms with Gasteiger partial charge in [0.15, 0.2) is 0 Å². The summed E-state index contributed by atoms with van der Waals surface area (Å²) in [4.78, 5) is 0.323. The summed E-state index contributed by atoms with van der Waals surface area (Å²) in [6, 6.07) is 6.96. The van der Waals surface area contributed by atoms with Crippen molar-refractivity contribution in [2.75, 3.05) is 13.1 Å². The Balaban J connectivity index is 2.70. The van der Waals surface area contributed by atoms with Gasteiger partial charge in [0.25, 0.3) is 0 Å². The predicted molar refractivity (Wildman–Crippen MR) is 74.1 cm³/mol. The third-order valence-electron chi connectivity index (χ3n) is 2.46. The average molecular weight is 270 g/mol. The second-order valence-corrected chi connectivity index (χ2v) is 6.24. The van der Waals surface area contributed by atoms with Gasteiger partial charge in [-0.3, -0.25) is 0 Å². The van der Waals surface area contributed by atoms with Gasteiger partial charge in [-0.15, -0.1) is 0 Å². The summed E-state index contributed by atoms with van der Waals surface area (Å²) in [7, 11) is -3.37. The molecule has 0 unspecified atom stereocenters. The summed E-state index contributed by atoms with van der Waals surface area (Å²) in [6.45, 7) is 7.54. The lowest BCUT2D eigenvalue weighted by Crippen LogP contribution is -2.30. The van der Waals surface area contributed by atoms with E-state index in [0.29, 0.717) is 4.90 Å². The molecular formula is C13H22N2O2S. The molecule has 4 nitrogen and oxygen atoms in total. The van der Waals surface area contributed by atoms with Crippen LogP contribution in [0.3, 0.4) is 0 Å². The topological polar surface area (TPSA) is 58.2 Å². The standard InChI is InChI=1S/C13H22N2O2S/c1-4-14-10-9-12-5-7-13(8-6-12)18(16,17)15-11(2)3/h5-8,11,14-15H,4,9-10H2,1-3H3. The Hall–Kier alpha value is -0.910. The van der Waals surface area contributed by atoms with E-state index in [9.17, 15) is 8.42 Å². The van der Waals surface area contributed by atoms with Crippen molar-refractivity contribution in [2.45, 2.75) is 38.1 Å². The first kappa shape index (κ1) is 15.1. The van der Waals surface area contributed by atoms with Gasteiger partial charge in [0.2, 0.25) is 10.0 Å².